The number of rotatable bonds is 3. The van der Waals surface area contributed by atoms with E-state index >= 15 is 0 Å². The van der Waals surface area contributed by atoms with Gasteiger partial charge >= 0.3 is 0 Å². The quantitative estimate of drug-likeness (QED) is 0.947. The van der Waals surface area contributed by atoms with Crippen LogP contribution in [-0.2, 0) is 13.5 Å². The molecule has 0 aliphatic carbocycles. The van der Waals surface area contributed by atoms with Gasteiger partial charge in [-0.15, -0.1) is 0 Å². The van der Waals surface area contributed by atoms with E-state index in [1.54, 1.807) is 12.1 Å². The Morgan fingerprint density at radius 1 is 1.44 bits per heavy atom. The third-order valence-electron chi connectivity index (χ3n) is 2.91. The molecule has 0 radical (unpaired) electrons. The fraction of sp³-hybridized carbons (Fsp3) is 0.308. The molecule has 0 saturated heterocycles. The van der Waals surface area contributed by atoms with Crippen LogP contribution in [-0.4, -0.2) is 16.1 Å². The number of aryl methyl sites for hydroxylation is 1. The zero-order chi connectivity index (χ0) is 13.3. The standard InChI is InChI=1S/C13H15BrFN3/c1-8-13(18(2)12(17-8)5-6-16)10-7-9(14)3-4-11(10)15/h3-4,7H,5-6,16H2,1-2H3. The molecule has 0 bridgehead atoms. The molecule has 96 valence electrons. The summed E-state index contributed by atoms with van der Waals surface area (Å²) < 4.78 is 16.7. The highest BCUT2D eigenvalue weighted by molar-refractivity contribution is 9.10. The van der Waals surface area contributed by atoms with Crippen molar-refractivity contribution >= 4 is 15.9 Å². The molecule has 1 heterocycles. The van der Waals surface area contributed by atoms with Crippen molar-refractivity contribution in [1.29, 1.82) is 0 Å². The monoisotopic (exact) mass is 311 g/mol. The van der Waals surface area contributed by atoms with Gasteiger partial charge in [-0.05, 0) is 31.7 Å². The Kier molecular flexibility index (Phi) is 3.82. The van der Waals surface area contributed by atoms with Crippen LogP contribution in [0.15, 0.2) is 22.7 Å². The molecule has 0 fully saturated rings. The summed E-state index contributed by atoms with van der Waals surface area (Å²) in [5.74, 6) is 0.632. The van der Waals surface area contributed by atoms with Gasteiger partial charge in [0.2, 0.25) is 0 Å². The minimum Gasteiger partial charge on any atom is -0.331 e. The highest BCUT2D eigenvalue weighted by Crippen LogP contribution is 2.29. The van der Waals surface area contributed by atoms with Crippen LogP contribution in [0.5, 0.6) is 0 Å². The topological polar surface area (TPSA) is 43.8 Å². The molecule has 5 heteroatoms. The summed E-state index contributed by atoms with van der Waals surface area (Å²) in [4.78, 5) is 4.45. The molecule has 2 aromatic rings. The molecule has 18 heavy (non-hydrogen) atoms. The van der Waals surface area contributed by atoms with Crippen LogP contribution < -0.4 is 5.73 Å². The van der Waals surface area contributed by atoms with E-state index in [4.69, 9.17) is 5.73 Å². The lowest BCUT2D eigenvalue weighted by atomic mass is 10.1. The van der Waals surface area contributed by atoms with Gasteiger partial charge in [0.1, 0.15) is 11.6 Å². The van der Waals surface area contributed by atoms with E-state index in [-0.39, 0.29) is 5.82 Å². The average molecular weight is 312 g/mol. The summed E-state index contributed by atoms with van der Waals surface area (Å²) in [5, 5.41) is 0. The van der Waals surface area contributed by atoms with E-state index in [0.29, 0.717) is 18.5 Å². The van der Waals surface area contributed by atoms with Gasteiger partial charge in [0.25, 0.3) is 0 Å². The number of hydrogen-bond donors (Lipinski definition) is 1. The summed E-state index contributed by atoms with van der Waals surface area (Å²) in [6, 6.07) is 4.91. The van der Waals surface area contributed by atoms with Gasteiger partial charge in [0.05, 0.1) is 11.4 Å². The van der Waals surface area contributed by atoms with Crippen LogP contribution >= 0.6 is 15.9 Å². The molecule has 1 aromatic heterocycles. The zero-order valence-electron chi connectivity index (χ0n) is 10.4. The van der Waals surface area contributed by atoms with Gasteiger partial charge < -0.3 is 10.3 Å². The fourth-order valence-corrected chi connectivity index (χ4v) is 2.46. The largest absolute Gasteiger partial charge is 0.331 e. The van der Waals surface area contributed by atoms with E-state index in [1.165, 1.54) is 6.07 Å². The molecule has 3 nitrogen and oxygen atoms in total. The number of benzene rings is 1. The van der Waals surface area contributed by atoms with Crippen LogP contribution in [0.3, 0.4) is 0 Å². The lowest BCUT2D eigenvalue weighted by Gasteiger charge is -2.08. The van der Waals surface area contributed by atoms with Crippen molar-refractivity contribution in [1.82, 2.24) is 9.55 Å². The number of aromatic nitrogens is 2. The molecular formula is C13H15BrFN3. The predicted molar refractivity (Wildman–Crippen MR) is 73.8 cm³/mol. The SMILES string of the molecule is Cc1nc(CCN)n(C)c1-c1cc(Br)ccc1F. The second-order valence-corrected chi connectivity index (χ2v) is 5.10. The van der Waals surface area contributed by atoms with E-state index < -0.39 is 0 Å². The van der Waals surface area contributed by atoms with Gasteiger partial charge in [-0.3, -0.25) is 0 Å². The molecule has 0 spiro atoms. The molecule has 0 amide bonds. The zero-order valence-corrected chi connectivity index (χ0v) is 12.0. The molecule has 0 unspecified atom stereocenters. The lowest BCUT2D eigenvalue weighted by Crippen LogP contribution is -2.08. The number of nitrogens with two attached hydrogens (primary N) is 1. The maximum absolute atomic E-state index is 13.9. The Morgan fingerprint density at radius 3 is 2.83 bits per heavy atom. The fourth-order valence-electron chi connectivity index (χ4n) is 2.10. The molecule has 0 saturated carbocycles. The minimum atomic E-state index is -0.247. The summed E-state index contributed by atoms with van der Waals surface area (Å²) in [7, 11) is 1.89. The molecule has 2 rings (SSSR count). The van der Waals surface area contributed by atoms with Crippen molar-refractivity contribution in [3.63, 3.8) is 0 Å². The van der Waals surface area contributed by atoms with Gasteiger partial charge in [-0.25, -0.2) is 9.37 Å². The van der Waals surface area contributed by atoms with E-state index in [2.05, 4.69) is 20.9 Å². The first-order chi connectivity index (χ1) is 8.54. The maximum Gasteiger partial charge on any atom is 0.132 e. The first-order valence-electron chi connectivity index (χ1n) is 5.72. The van der Waals surface area contributed by atoms with Gasteiger partial charge in [0, 0.05) is 23.5 Å². The molecule has 0 atom stereocenters. The number of imidazole rings is 1. The summed E-state index contributed by atoms with van der Waals surface area (Å²) in [6.07, 6.45) is 0.687. The average Bonchev–Trinajstić information content (AvgIpc) is 2.59. The van der Waals surface area contributed by atoms with Crippen molar-refractivity contribution in [2.45, 2.75) is 13.3 Å². The molecule has 1 aromatic carbocycles. The van der Waals surface area contributed by atoms with Crippen LogP contribution in [0.2, 0.25) is 0 Å². The second-order valence-electron chi connectivity index (χ2n) is 4.18. The van der Waals surface area contributed by atoms with E-state index in [1.807, 2.05) is 18.5 Å². The Bertz CT molecular complexity index is 578. The lowest BCUT2D eigenvalue weighted by molar-refractivity contribution is 0.628. The first-order valence-corrected chi connectivity index (χ1v) is 6.51. The van der Waals surface area contributed by atoms with Gasteiger partial charge in [-0.2, -0.15) is 0 Å². The summed E-state index contributed by atoms with van der Waals surface area (Å²) in [6.45, 7) is 2.42. The van der Waals surface area contributed by atoms with Crippen molar-refractivity contribution in [3.05, 3.63) is 40.0 Å². The van der Waals surface area contributed by atoms with Crippen LogP contribution in [0.1, 0.15) is 11.5 Å². The smallest absolute Gasteiger partial charge is 0.132 e. The molecule has 0 aliphatic heterocycles. The third-order valence-corrected chi connectivity index (χ3v) is 3.41. The van der Waals surface area contributed by atoms with Crippen molar-refractivity contribution in [2.24, 2.45) is 12.8 Å². The predicted octanol–water partition coefficient (Wildman–Crippen LogP) is 2.80. The van der Waals surface area contributed by atoms with Crippen molar-refractivity contribution in [2.75, 3.05) is 6.54 Å². The normalized spacial score (nSPS) is 10.9. The highest BCUT2D eigenvalue weighted by atomic mass is 79.9. The van der Waals surface area contributed by atoms with Crippen LogP contribution in [0.25, 0.3) is 11.3 Å². The minimum absolute atomic E-state index is 0.247. The molecular weight excluding hydrogens is 297 g/mol. The van der Waals surface area contributed by atoms with Crippen molar-refractivity contribution in [3.8, 4) is 11.3 Å². The van der Waals surface area contributed by atoms with Crippen LogP contribution in [0, 0.1) is 12.7 Å². The Labute approximate surface area is 114 Å². The number of hydrogen-bond acceptors (Lipinski definition) is 2. The van der Waals surface area contributed by atoms with E-state index in [0.717, 1.165) is 21.7 Å². The third kappa shape index (κ3) is 2.33. The molecule has 0 aliphatic rings. The summed E-state index contributed by atoms with van der Waals surface area (Å²) in [5.41, 5.74) is 7.72. The second kappa shape index (κ2) is 5.20. The van der Waals surface area contributed by atoms with E-state index in [9.17, 15) is 4.39 Å². The number of nitrogens with zero attached hydrogens (tertiary/aromatic N) is 2. The Balaban J connectivity index is 2.60. The number of halogens is 2. The first kappa shape index (κ1) is 13.2. The highest BCUT2D eigenvalue weighted by Gasteiger charge is 2.16. The Hall–Kier alpha value is -1.20. The van der Waals surface area contributed by atoms with Gasteiger partial charge in [-0.1, -0.05) is 15.9 Å². The summed E-state index contributed by atoms with van der Waals surface area (Å²) >= 11 is 3.36. The van der Waals surface area contributed by atoms with Crippen molar-refractivity contribution < 1.29 is 4.39 Å². The Morgan fingerprint density at radius 2 is 2.17 bits per heavy atom. The van der Waals surface area contributed by atoms with Crippen LogP contribution in [0.4, 0.5) is 4.39 Å². The van der Waals surface area contributed by atoms with Gasteiger partial charge in [0.15, 0.2) is 0 Å². The molecule has 2 N–H and O–H groups in total. The maximum atomic E-state index is 13.9.